The van der Waals surface area contributed by atoms with Crippen molar-refractivity contribution in [1.29, 1.82) is 0 Å². The average molecular weight is 425 g/mol. The zero-order chi connectivity index (χ0) is 21.8. The third-order valence-corrected chi connectivity index (χ3v) is 5.28. The lowest BCUT2D eigenvalue weighted by molar-refractivity contribution is 0.0950. The van der Waals surface area contributed by atoms with Crippen LogP contribution in [0.3, 0.4) is 0 Å². The highest BCUT2D eigenvalue weighted by Gasteiger charge is 2.18. The summed E-state index contributed by atoms with van der Waals surface area (Å²) in [5.74, 6) is 0.572. The van der Waals surface area contributed by atoms with Crippen LogP contribution in [0.5, 0.6) is 0 Å². The van der Waals surface area contributed by atoms with E-state index in [4.69, 9.17) is 4.98 Å². The van der Waals surface area contributed by atoms with Crippen molar-refractivity contribution in [2.45, 2.75) is 19.5 Å². The highest BCUT2D eigenvalue weighted by molar-refractivity contribution is 6.00. The number of hydrogen-bond donors (Lipinski definition) is 1. The fourth-order valence-corrected chi connectivity index (χ4v) is 3.72. The molecule has 0 aliphatic heterocycles. The Morgan fingerprint density at radius 2 is 1.91 bits per heavy atom. The van der Waals surface area contributed by atoms with Crippen LogP contribution in [0.25, 0.3) is 16.9 Å². The molecule has 0 saturated heterocycles. The Hall–Kier alpha value is -4.20. The maximum absolute atomic E-state index is 12.9. The molecule has 0 unspecified atom stereocenters. The van der Waals surface area contributed by atoms with Crippen LogP contribution in [0.4, 0.5) is 0 Å². The maximum atomic E-state index is 12.9. The number of fused-ring (bicyclic) bond motifs is 1. The second-order valence-electron chi connectivity index (χ2n) is 7.54. The molecule has 1 amide bonds. The standard InChI is InChI=1S/C24H23N7O/c32-24(27-10-5-12-29-15-11-25-18-29)22-21-7-2-4-13-31(21)23(28-22)19-8-14-30(16-19)17-20-6-1-3-9-26-20/h1-4,6-9,11,13-16,18H,5,10,12,17H2,(H,27,32). The van der Waals surface area contributed by atoms with Gasteiger partial charge in [-0.05, 0) is 36.8 Å². The summed E-state index contributed by atoms with van der Waals surface area (Å²) in [7, 11) is 0. The fraction of sp³-hybridized carbons (Fsp3) is 0.167. The largest absolute Gasteiger partial charge is 0.351 e. The number of carbonyl (C=O) groups is 1. The normalized spacial score (nSPS) is 11.1. The van der Waals surface area contributed by atoms with Crippen molar-refractivity contribution < 1.29 is 4.79 Å². The van der Waals surface area contributed by atoms with Gasteiger partial charge in [-0.15, -0.1) is 0 Å². The Labute approximate surface area is 185 Å². The van der Waals surface area contributed by atoms with Gasteiger partial charge in [0.2, 0.25) is 0 Å². The third-order valence-electron chi connectivity index (χ3n) is 5.28. The van der Waals surface area contributed by atoms with E-state index in [9.17, 15) is 4.79 Å². The molecule has 0 aliphatic rings. The molecule has 5 rings (SSSR count). The molecular formula is C24H23N7O. The van der Waals surface area contributed by atoms with Crippen LogP contribution in [0.2, 0.25) is 0 Å². The molecule has 5 heterocycles. The van der Waals surface area contributed by atoms with Gasteiger partial charge in [-0.1, -0.05) is 12.1 Å². The molecule has 5 aromatic rings. The number of rotatable bonds is 8. The second kappa shape index (κ2) is 8.89. The van der Waals surface area contributed by atoms with Gasteiger partial charge in [0.15, 0.2) is 5.69 Å². The molecule has 8 nitrogen and oxygen atoms in total. The molecule has 0 spiro atoms. The fourth-order valence-electron chi connectivity index (χ4n) is 3.72. The Morgan fingerprint density at radius 3 is 2.75 bits per heavy atom. The summed E-state index contributed by atoms with van der Waals surface area (Å²) in [6, 6.07) is 13.7. The zero-order valence-corrected chi connectivity index (χ0v) is 17.5. The van der Waals surface area contributed by atoms with Crippen LogP contribution < -0.4 is 5.32 Å². The van der Waals surface area contributed by atoms with Gasteiger partial charge >= 0.3 is 0 Å². The lowest BCUT2D eigenvalue weighted by Crippen LogP contribution is -2.25. The van der Waals surface area contributed by atoms with Crippen LogP contribution in [-0.2, 0) is 13.1 Å². The van der Waals surface area contributed by atoms with Gasteiger partial charge in [0.1, 0.15) is 5.82 Å². The summed E-state index contributed by atoms with van der Waals surface area (Å²) < 4.78 is 6.02. The summed E-state index contributed by atoms with van der Waals surface area (Å²) in [4.78, 5) is 26.0. The minimum Gasteiger partial charge on any atom is -0.351 e. The zero-order valence-electron chi connectivity index (χ0n) is 17.5. The molecule has 0 bridgehead atoms. The Kier molecular flexibility index (Phi) is 5.48. The molecule has 5 aromatic heterocycles. The minimum absolute atomic E-state index is 0.168. The van der Waals surface area contributed by atoms with E-state index in [1.807, 2.05) is 76.2 Å². The average Bonchev–Trinajstić information content (AvgIpc) is 3.57. The van der Waals surface area contributed by atoms with Crippen LogP contribution in [0.15, 0.2) is 86.0 Å². The van der Waals surface area contributed by atoms with Crippen molar-refractivity contribution in [3.05, 3.63) is 97.4 Å². The molecule has 1 N–H and O–H groups in total. The topological polar surface area (TPSA) is 82.0 Å². The highest BCUT2D eigenvalue weighted by Crippen LogP contribution is 2.23. The van der Waals surface area contributed by atoms with Gasteiger partial charge < -0.3 is 14.5 Å². The molecular weight excluding hydrogens is 402 g/mol. The minimum atomic E-state index is -0.168. The summed E-state index contributed by atoms with van der Waals surface area (Å²) in [5, 5.41) is 2.99. The number of carbonyl (C=O) groups excluding carboxylic acids is 1. The monoisotopic (exact) mass is 425 g/mol. The van der Waals surface area contributed by atoms with E-state index in [0.29, 0.717) is 18.8 Å². The number of imidazole rings is 2. The molecule has 0 aliphatic carbocycles. The van der Waals surface area contributed by atoms with Crippen molar-refractivity contribution in [2.75, 3.05) is 6.54 Å². The van der Waals surface area contributed by atoms with E-state index in [0.717, 1.165) is 35.6 Å². The Bertz CT molecular complexity index is 1320. The van der Waals surface area contributed by atoms with Crippen molar-refractivity contribution in [3.8, 4) is 11.4 Å². The number of hydrogen-bond acceptors (Lipinski definition) is 4. The van der Waals surface area contributed by atoms with Crippen molar-refractivity contribution >= 4 is 11.4 Å². The van der Waals surface area contributed by atoms with E-state index in [1.54, 1.807) is 18.7 Å². The highest BCUT2D eigenvalue weighted by atomic mass is 16.1. The first-order chi connectivity index (χ1) is 15.8. The van der Waals surface area contributed by atoms with Gasteiger partial charge in [0, 0.05) is 55.8 Å². The SMILES string of the molecule is O=C(NCCCn1ccnc1)c1nc(-c2ccn(Cc3ccccn3)c2)n2ccccc12. The first-order valence-electron chi connectivity index (χ1n) is 10.5. The molecule has 0 saturated carbocycles. The first kappa shape index (κ1) is 19.7. The lowest BCUT2D eigenvalue weighted by Gasteiger charge is -2.04. The number of nitrogens with one attached hydrogen (secondary N) is 1. The van der Waals surface area contributed by atoms with Crippen molar-refractivity contribution in [1.82, 2.24) is 33.8 Å². The number of aromatic nitrogens is 6. The summed E-state index contributed by atoms with van der Waals surface area (Å²) >= 11 is 0. The van der Waals surface area contributed by atoms with Crippen LogP contribution in [0, 0.1) is 0 Å². The lowest BCUT2D eigenvalue weighted by atomic mass is 10.3. The van der Waals surface area contributed by atoms with Gasteiger partial charge in [0.25, 0.3) is 5.91 Å². The number of amides is 1. The van der Waals surface area contributed by atoms with Gasteiger partial charge in [-0.2, -0.15) is 0 Å². The van der Waals surface area contributed by atoms with Gasteiger partial charge in [-0.25, -0.2) is 9.97 Å². The summed E-state index contributed by atoms with van der Waals surface area (Å²) in [6.07, 6.45) is 14.0. The number of aryl methyl sites for hydroxylation is 1. The van der Waals surface area contributed by atoms with Crippen LogP contribution in [0.1, 0.15) is 22.6 Å². The van der Waals surface area contributed by atoms with Crippen molar-refractivity contribution in [3.63, 3.8) is 0 Å². The van der Waals surface area contributed by atoms with Crippen LogP contribution >= 0.6 is 0 Å². The third kappa shape index (κ3) is 4.15. The van der Waals surface area contributed by atoms with E-state index >= 15 is 0 Å². The number of pyridine rings is 2. The molecule has 32 heavy (non-hydrogen) atoms. The van der Waals surface area contributed by atoms with E-state index in [-0.39, 0.29) is 5.91 Å². The summed E-state index contributed by atoms with van der Waals surface area (Å²) in [5.41, 5.74) is 3.15. The predicted molar refractivity (Wildman–Crippen MR) is 121 cm³/mol. The molecule has 0 aromatic carbocycles. The number of nitrogens with zero attached hydrogens (tertiary/aromatic N) is 6. The molecule has 0 radical (unpaired) electrons. The Balaban J connectivity index is 1.34. The smallest absolute Gasteiger partial charge is 0.272 e. The first-order valence-corrected chi connectivity index (χ1v) is 10.5. The summed E-state index contributed by atoms with van der Waals surface area (Å²) in [6.45, 7) is 2.05. The van der Waals surface area contributed by atoms with E-state index < -0.39 is 0 Å². The molecule has 160 valence electrons. The maximum Gasteiger partial charge on any atom is 0.272 e. The predicted octanol–water partition coefficient (Wildman–Crippen LogP) is 3.26. The Morgan fingerprint density at radius 1 is 0.969 bits per heavy atom. The molecule has 0 atom stereocenters. The van der Waals surface area contributed by atoms with E-state index in [1.165, 1.54) is 0 Å². The van der Waals surface area contributed by atoms with Crippen LogP contribution in [-0.4, -0.2) is 40.9 Å². The van der Waals surface area contributed by atoms with E-state index in [2.05, 4.69) is 19.9 Å². The molecule has 0 fully saturated rings. The molecule has 8 heteroatoms. The quantitative estimate of drug-likeness (QED) is 0.387. The van der Waals surface area contributed by atoms with Gasteiger partial charge in [0.05, 0.1) is 24.1 Å². The van der Waals surface area contributed by atoms with Crippen molar-refractivity contribution in [2.24, 2.45) is 0 Å². The second-order valence-corrected chi connectivity index (χ2v) is 7.54. The van der Waals surface area contributed by atoms with Gasteiger partial charge in [-0.3, -0.25) is 14.2 Å².